The predicted octanol–water partition coefficient (Wildman–Crippen LogP) is 2.82. The molecule has 0 fully saturated rings. The quantitative estimate of drug-likeness (QED) is 0.828. The molecule has 2 aromatic rings. The predicted molar refractivity (Wildman–Crippen MR) is 84.5 cm³/mol. The van der Waals surface area contributed by atoms with Gasteiger partial charge in [0.15, 0.2) is 11.5 Å². The summed E-state index contributed by atoms with van der Waals surface area (Å²) in [7, 11) is 3.16. The molecule has 1 aromatic carbocycles. The molecule has 118 valence electrons. The summed E-state index contributed by atoms with van der Waals surface area (Å²) in [6.45, 7) is 4.00. The maximum atomic E-state index is 12.0. The molecule has 0 saturated heterocycles. The van der Waals surface area contributed by atoms with Crippen LogP contribution in [0.3, 0.4) is 0 Å². The Balaban J connectivity index is 2.32. The van der Waals surface area contributed by atoms with Gasteiger partial charge >= 0.3 is 0 Å². The lowest BCUT2D eigenvalue weighted by Gasteiger charge is -2.08. The molecule has 0 aliphatic heterocycles. The van der Waals surface area contributed by atoms with Gasteiger partial charge in [-0.05, 0) is 32.0 Å². The molecule has 1 amide bonds. The fourth-order valence-electron chi connectivity index (χ4n) is 1.88. The molecule has 0 radical (unpaired) electrons. The number of amides is 1. The highest BCUT2D eigenvalue weighted by Gasteiger charge is 2.17. The van der Waals surface area contributed by atoms with E-state index in [2.05, 4.69) is 10.5 Å². The van der Waals surface area contributed by atoms with Crippen LogP contribution in [0.4, 0.5) is 0 Å². The number of methoxy groups -OCH3 is 2. The fourth-order valence-corrected chi connectivity index (χ4v) is 2.83. The fraction of sp³-hybridized carbons (Fsp3) is 0.333. The summed E-state index contributed by atoms with van der Waals surface area (Å²) >= 11 is 1.30. The third kappa shape index (κ3) is 3.37. The first-order valence-corrected chi connectivity index (χ1v) is 7.54. The number of aryl methyl sites for hydroxylation is 1. The second-order valence-corrected chi connectivity index (χ2v) is 5.37. The number of thiazole rings is 1. The van der Waals surface area contributed by atoms with Crippen molar-refractivity contribution in [2.45, 2.75) is 13.8 Å². The van der Waals surface area contributed by atoms with Crippen molar-refractivity contribution in [1.82, 2.24) is 10.5 Å². The number of ether oxygens (including phenoxy) is 2. The summed E-state index contributed by atoms with van der Waals surface area (Å²) in [5.41, 5.74) is 3.90. The number of nitrogens with one attached hydrogen (secondary N) is 1. The third-order valence-corrected chi connectivity index (χ3v) is 4.15. The molecule has 0 spiro atoms. The average Bonchev–Trinajstić information content (AvgIpc) is 2.93. The molecule has 0 unspecified atom stereocenters. The van der Waals surface area contributed by atoms with E-state index in [0.717, 1.165) is 10.6 Å². The van der Waals surface area contributed by atoms with Gasteiger partial charge in [0.1, 0.15) is 9.88 Å². The van der Waals surface area contributed by atoms with Crippen LogP contribution in [0.15, 0.2) is 18.2 Å². The second-order valence-electron chi connectivity index (χ2n) is 4.37. The maximum absolute atomic E-state index is 12.0. The van der Waals surface area contributed by atoms with E-state index in [0.29, 0.717) is 28.7 Å². The Hall–Kier alpha value is -2.12. The van der Waals surface area contributed by atoms with E-state index in [1.165, 1.54) is 11.3 Å². The van der Waals surface area contributed by atoms with Crippen LogP contribution in [-0.4, -0.2) is 31.7 Å². The molecule has 0 atom stereocenters. The van der Waals surface area contributed by atoms with Crippen LogP contribution in [0.1, 0.15) is 22.3 Å². The minimum absolute atomic E-state index is 0.288. The van der Waals surface area contributed by atoms with Crippen LogP contribution in [-0.2, 0) is 4.84 Å². The molecule has 1 N–H and O–H groups in total. The van der Waals surface area contributed by atoms with Gasteiger partial charge in [0.25, 0.3) is 5.91 Å². The van der Waals surface area contributed by atoms with E-state index in [-0.39, 0.29) is 5.91 Å². The Morgan fingerprint density at radius 2 is 2.00 bits per heavy atom. The van der Waals surface area contributed by atoms with Crippen LogP contribution in [0, 0.1) is 6.92 Å². The first-order chi connectivity index (χ1) is 10.6. The van der Waals surface area contributed by atoms with Gasteiger partial charge in [-0.1, -0.05) is 0 Å². The average molecular weight is 322 g/mol. The number of hydroxylamine groups is 1. The number of hydrogen-bond donors (Lipinski definition) is 1. The minimum atomic E-state index is -0.288. The van der Waals surface area contributed by atoms with Crippen molar-refractivity contribution in [3.05, 3.63) is 28.8 Å². The standard InChI is InChI=1S/C15H18N2O4S/c1-5-21-17-14(18)13-9(2)16-15(22-13)10-6-7-11(19-3)12(8-10)20-4/h6-8H,5H2,1-4H3,(H,17,18). The zero-order valence-electron chi connectivity index (χ0n) is 12.9. The zero-order chi connectivity index (χ0) is 16.1. The van der Waals surface area contributed by atoms with Crippen molar-refractivity contribution < 1.29 is 19.1 Å². The number of carbonyl (C=O) groups excluding carboxylic acids is 1. The van der Waals surface area contributed by atoms with Crippen LogP contribution in [0.2, 0.25) is 0 Å². The molecule has 1 aromatic heterocycles. The minimum Gasteiger partial charge on any atom is -0.493 e. The molecule has 1 heterocycles. The summed E-state index contributed by atoms with van der Waals surface area (Å²) in [5, 5.41) is 0.736. The molecule has 0 aliphatic carbocycles. The summed E-state index contributed by atoms with van der Waals surface area (Å²) in [4.78, 5) is 21.9. The van der Waals surface area contributed by atoms with Gasteiger partial charge in [0, 0.05) is 5.56 Å². The van der Waals surface area contributed by atoms with Gasteiger partial charge in [-0.2, -0.15) is 0 Å². The lowest BCUT2D eigenvalue weighted by Crippen LogP contribution is -2.23. The Labute approximate surface area is 133 Å². The van der Waals surface area contributed by atoms with E-state index in [4.69, 9.17) is 14.3 Å². The Morgan fingerprint density at radius 3 is 2.64 bits per heavy atom. The summed E-state index contributed by atoms with van der Waals surface area (Å²) < 4.78 is 10.5. The van der Waals surface area contributed by atoms with Crippen molar-refractivity contribution in [2.75, 3.05) is 20.8 Å². The van der Waals surface area contributed by atoms with E-state index >= 15 is 0 Å². The Bertz CT molecular complexity index is 670. The molecule has 7 heteroatoms. The number of nitrogens with zero attached hydrogens (tertiary/aromatic N) is 1. The van der Waals surface area contributed by atoms with Crippen molar-refractivity contribution >= 4 is 17.2 Å². The smallest absolute Gasteiger partial charge is 0.286 e. The van der Waals surface area contributed by atoms with E-state index in [1.807, 2.05) is 18.2 Å². The highest BCUT2D eigenvalue weighted by molar-refractivity contribution is 7.17. The summed E-state index contributed by atoms with van der Waals surface area (Å²) in [5.74, 6) is 0.977. The number of hydrogen-bond acceptors (Lipinski definition) is 6. The highest BCUT2D eigenvalue weighted by Crippen LogP contribution is 2.34. The van der Waals surface area contributed by atoms with Gasteiger partial charge in [0.05, 0.1) is 26.5 Å². The lowest BCUT2D eigenvalue weighted by atomic mass is 10.2. The number of benzene rings is 1. The zero-order valence-corrected chi connectivity index (χ0v) is 13.7. The van der Waals surface area contributed by atoms with E-state index in [9.17, 15) is 4.79 Å². The monoisotopic (exact) mass is 322 g/mol. The van der Waals surface area contributed by atoms with E-state index < -0.39 is 0 Å². The van der Waals surface area contributed by atoms with Crippen molar-refractivity contribution in [3.8, 4) is 22.1 Å². The molecule has 0 bridgehead atoms. The SMILES string of the molecule is CCONC(=O)c1sc(-c2ccc(OC)c(OC)c2)nc1C. The summed E-state index contributed by atoms with van der Waals surface area (Å²) in [6.07, 6.45) is 0. The van der Waals surface area contributed by atoms with Gasteiger partial charge in [-0.15, -0.1) is 11.3 Å². The van der Waals surface area contributed by atoms with Crippen molar-refractivity contribution in [3.63, 3.8) is 0 Å². The topological polar surface area (TPSA) is 69.7 Å². The van der Waals surface area contributed by atoms with Gasteiger partial charge in [-0.25, -0.2) is 10.5 Å². The summed E-state index contributed by atoms with van der Waals surface area (Å²) in [6, 6.07) is 5.52. The Morgan fingerprint density at radius 1 is 1.27 bits per heavy atom. The first-order valence-electron chi connectivity index (χ1n) is 6.72. The van der Waals surface area contributed by atoms with Crippen LogP contribution >= 0.6 is 11.3 Å². The molecule has 22 heavy (non-hydrogen) atoms. The van der Waals surface area contributed by atoms with Gasteiger partial charge in [0.2, 0.25) is 0 Å². The Kier molecular flexibility index (Phi) is 5.35. The van der Waals surface area contributed by atoms with E-state index in [1.54, 1.807) is 28.1 Å². The van der Waals surface area contributed by atoms with Crippen LogP contribution < -0.4 is 15.0 Å². The molecule has 6 nitrogen and oxygen atoms in total. The number of aromatic nitrogens is 1. The third-order valence-electron chi connectivity index (χ3n) is 2.94. The number of rotatable bonds is 6. The highest BCUT2D eigenvalue weighted by atomic mass is 32.1. The van der Waals surface area contributed by atoms with Crippen LogP contribution in [0.25, 0.3) is 10.6 Å². The van der Waals surface area contributed by atoms with Crippen molar-refractivity contribution in [1.29, 1.82) is 0 Å². The molecule has 2 rings (SSSR count). The normalized spacial score (nSPS) is 10.4. The van der Waals surface area contributed by atoms with Gasteiger partial charge < -0.3 is 9.47 Å². The number of carbonyl (C=O) groups is 1. The van der Waals surface area contributed by atoms with Gasteiger partial charge in [-0.3, -0.25) is 9.63 Å². The lowest BCUT2D eigenvalue weighted by molar-refractivity contribution is 0.0367. The molecule has 0 aliphatic rings. The largest absolute Gasteiger partial charge is 0.493 e. The molecular formula is C15H18N2O4S. The van der Waals surface area contributed by atoms with Crippen molar-refractivity contribution in [2.24, 2.45) is 0 Å². The molecule has 0 saturated carbocycles. The maximum Gasteiger partial charge on any atom is 0.286 e. The first kappa shape index (κ1) is 16.3. The molecular weight excluding hydrogens is 304 g/mol. The second kappa shape index (κ2) is 7.24. The van der Waals surface area contributed by atoms with Crippen LogP contribution in [0.5, 0.6) is 11.5 Å².